The largest absolute Gasteiger partial charge is 0.343 e. The van der Waals surface area contributed by atoms with E-state index in [9.17, 15) is 14.4 Å². The van der Waals surface area contributed by atoms with Gasteiger partial charge in [-0.05, 0) is 67.7 Å². The molecule has 3 aromatic rings. The summed E-state index contributed by atoms with van der Waals surface area (Å²) in [6.07, 6.45) is 4.15. The van der Waals surface area contributed by atoms with E-state index in [0.29, 0.717) is 19.4 Å². The average molecular weight is 596 g/mol. The summed E-state index contributed by atoms with van der Waals surface area (Å²) in [5.74, 6) is -0.725. The van der Waals surface area contributed by atoms with Gasteiger partial charge in [-0.25, -0.2) is 0 Å². The zero-order valence-corrected chi connectivity index (χ0v) is 25.5. The molecule has 3 amide bonds. The maximum absolute atomic E-state index is 14.3. The number of hydrogen-bond acceptors (Lipinski definition) is 5. The summed E-state index contributed by atoms with van der Waals surface area (Å²) in [5.41, 5.74) is 9.24. The molecule has 0 spiro atoms. The van der Waals surface area contributed by atoms with Crippen molar-refractivity contribution >= 4 is 17.7 Å². The van der Waals surface area contributed by atoms with E-state index in [-0.39, 0.29) is 35.7 Å². The molecule has 2 heterocycles. The van der Waals surface area contributed by atoms with E-state index in [4.69, 9.17) is 5.73 Å². The van der Waals surface area contributed by atoms with Crippen LogP contribution in [-0.4, -0.2) is 53.3 Å². The molecule has 0 radical (unpaired) electrons. The Kier molecular flexibility index (Phi) is 10.8. The van der Waals surface area contributed by atoms with Gasteiger partial charge >= 0.3 is 0 Å². The second-order valence-electron chi connectivity index (χ2n) is 12.0. The fraction of sp³-hybridized carbons (Fsp3) is 0.417. The van der Waals surface area contributed by atoms with Gasteiger partial charge in [-0.2, -0.15) is 0 Å². The Morgan fingerprint density at radius 2 is 1.45 bits per heavy atom. The Morgan fingerprint density at radius 3 is 2.07 bits per heavy atom. The quantitative estimate of drug-likeness (QED) is 0.236. The number of nitrogens with two attached hydrogens (primary N) is 1. The molecule has 2 aliphatic rings. The van der Waals surface area contributed by atoms with E-state index in [2.05, 4.69) is 28.1 Å². The van der Waals surface area contributed by atoms with Gasteiger partial charge in [0, 0.05) is 12.6 Å². The summed E-state index contributed by atoms with van der Waals surface area (Å²) in [6.45, 7) is 3.31. The van der Waals surface area contributed by atoms with Crippen LogP contribution >= 0.6 is 0 Å². The third-order valence-corrected chi connectivity index (χ3v) is 9.16. The molecule has 0 aromatic heterocycles. The molecule has 0 aliphatic carbocycles. The number of nitrogens with one attached hydrogen (secondary N) is 3. The number of amides is 3. The van der Waals surface area contributed by atoms with Gasteiger partial charge in [0.05, 0.1) is 12.1 Å². The number of benzene rings is 3. The lowest BCUT2D eigenvalue weighted by atomic mass is 9.90. The highest BCUT2D eigenvalue weighted by Gasteiger charge is 2.47. The molecule has 5 rings (SSSR count). The van der Waals surface area contributed by atoms with Crippen LogP contribution < -0.4 is 21.7 Å². The van der Waals surface area contributed by atoms with E-state index in [1.54, 1.807) is 4.90 Å². The summed E-state index contributed by atoms with van der Waals surface area (Å²) < 4.78 is 0. The fourth-order valence-corrected chi connectivity index (χ4v) is 6.63. The van der Waals surface area contributed by atoms with Crippen LogP contribution in [0.1, 0.15) is 68.2 Å². The third kappa shape index (κ3) is 7.55. The smallest absolute Gasteiger partial charge is 0.246 e. The van der Waals surface area contributed by atoms with Gasteiger partial charge < -0.3 is 26.6 Å². The van der Waals surface area contributed by atoms with Gasteiger partial charge in [-0.1, -0.05) is 97.9 Å². The second-order valence-corrected chi connectivity index (χ2v) is 12.0. The lowest BCUT2D eigenvalue weighted by molar-refractivity contribution is -0.143. The number of carbonyl (C=O) groups is 3. The number of hydrogen-bond donors (Lipinski definition) is 4. The first kappa shape index (κ1) is 31.4. The van der Waals surface area contributed by atoms with Crippen molar-refractivity contribution in [2.45, 2.75) is 82.2 Å². The lowest BCUT2D eigenvalue weighted by Gasteiger charge is -2.33. The van der Waals surface area contributed by atoms with Gasteiger partial charge in [0.1, 0.15) is 12.1 Å². The summed E-state index contributed by atoms with van der Waals surface area (Å²) in [6, 6.07) is 27.6. The van der Waals surface area contributed by atoms with Gasteiger partial charge in [-0.3, -0.25) is 14.4 Å². The van der Waals surface area contributed by atoms with E-state index in [1.807, 2.05) is 85.8 Å². The Bertz CT molecular complexity index is 1330. The van der Waals surface area contributed by atoms with Crippen molar-refractivity contribution in [2.75, 3.05) is 6.54 Å². The van der Waals surface area contributed by atoms with Crippen LogP contribution in [0.15, 0.2) is 91.0 Å². The first-order valence-electron chi connectivity index (χ1n) is 16.0. The molecule has 44 heavy (non-hydrogen) atoms. The summed E-state index contributed by atoms with van der Waals surface area (Å²) in [5, 5.41) is 9.78. The van der Waals surface area contributed by atoms with Crippen LogP contribution in [0.5, 0.6) is 0 Å². The van der Waals surface area contributed by atoms with E-state index >= 15 is 0 Å². The molecule has 0 unspecified atom stereocenters. The zero-order valence-electron chi connectivity index (χ0n) is 25.5. The minimum atomic E-state index is -0.726. The molecule has 5 N–H and O–H groups in total. The fourth-order valence-electron chi connectivity index (χ4n) is 6.63. The number of carbonyl (C=O) groups excluding carboxylic acids is 3. The Labute approximate surface area is 260 Å². The Hall–Kier alpha value is -4.01. The summed E-state index contributed by atoms with van der Waals surface area (Å²) in [7, 11) is 0. The van der Waals surface area contributed by atoms with Crippen molar-refractivity contribution in [3.8, 4) is 0 Å². The van der Waals surface area contributed by atoms with Crippen molar-refractivity contribution < 1.29 is 14.4 Å². The average Bonchev–Trinajstić information content (AvgIpc) is 3.45. The topological polar surface area (TPSA) is 117 Å². The van der Waals surface area contributed by atoms with Crippen molar-refractivity contribution in [1.29, 1.82) is 0 Å². The van der Waals surface area contributed by atoms with E-state index < -0.39 is 18.1 Å². The van der Waals surface area contributed by atoms with Crippen molar-refractivity contribution in [3.63, 3.8) is 0 Å². The molecule has 8 heteroatoms. The van der Waals surface area contributed by atoms with Crippen molar-refractivity contribution in [1.82, 2.24) is 20.9 Å². The molecule has 0 bridgehead atoms. The Morgan fingerprint density at radius 1 is 0.864 bits per heavy atom. The summed E-state index contributed by atoms with van der Waals surface area (Å²) >= 11 is 0. The van der Waals surface area contributed by atoms with Crippen LogP contribution in [0.4, 0.5) is 0 Å². The van der Waals surface area contributed by atoms with Crippen LogP contribution in [0, 0.1) is 5.92 Å². The Balaban J connectivity index is 1.33. The first-order valence-corrected chi connectivity index (χ1v) is 16.0. The van der Waals surface area contributed by atoms with Crippen molar-refractivity contribution in [3.05, 3.63) is 108 Å². The van der Waals surface area contributed by atoms with Gasteiger partial charge in [-0.15, -0.1) is 0 Å². The molecular formula is C36H45N5O3. The number of rotatable bonds is 12. The second kappa shape index (κ2) is 15.1. The highest BCUT2D eigenvalue weighted by Crippen LogP contribution is 2.35. The predicted molar refractivity (Wildman–Crippen MR) is 172 cm³/mol. The maximum atomic E-state index is 14.3. The van der Waals surface area contributed by atoms with Crippen LogP contribution in [0.2, 0.25) is 0 Å². The van der Waals surface area contributed by atoms with Gasteiger partial charge in [0.25, 0.3) is 0 Å². The van der Waals surface area contributed by atoms with Crippen LogP contribution in [0.25, 0.3) is 0 Å². The molecule has 3 aromatic carbocycles. The molecule has 8 nitrogen and oxygen atoms in total. The standard InChI is InChI=1S/C36H45N5O3/c1-2-30(37)34(42)40-33-28(22-23-38-24-25-12-6-3-7-13-25)18-19-29-20-21-31(41(29)36(33)44)35(43)39-32(26-14-8-4-9-15-26)27-16-10-5-11-17-27/h3-17,28-33,38H,2,18-24,37H2,1H3,(H,39,43)(H,40,42)/t28-,29+,30+,31+,33+/m1/s1. The molecule has 0 saturated carbocycles. The normalized spacial score (nSPS) is 22.2. The van der Waals surface area contributed by atoms with Gasteiger partial charge in [0.2, 0.25) is 17.7 Å². The van der Waals surface area contributed by atoms with E-state index in [1.165, 1.54) is 5.56 Å². The molecule has 232 valence electrons. The molecular weight excluding hydrogens is 550 g/mol. The summed E-state index contributed by atoms with van der Waals surface area (Å²) in [4.78, 5) is 43.2. The first-order chi connectivity index (χ1) is 21.5. The minimum Gasteiger partial charge on any atom is -0.343 e. The highest BCUT2D eigenvalue weighted by molar-refractivity contribution is 5.94. The maximum Gasteiger partial charge on any atom is 0.246 e. The van der Waals surface area contributed by atoms with Gasteiger partial charge in [0.15, 0.2) is 0 Å². The molecule has 2 saturated heterocycles. The number of nitrogens with zero attached hydrogens (tertiary/aromatic N) is 1. The lowest BCUT2D eigenvalue weighted by Crippen LogP contribution is -2.58. The minimum absolute atomic E-state index is 0.0355. The van der Waals surface area contributed by atoms with Crippen LogP contribution in [0.3, 0.4) is 0 Å². The van der Waals surface area contributed by atoms with Crippen molar-refractivity contribution in [2.24, 2.45) is 11.7 Å². The van der Waals surface area contributed by atoms with E-state index in [0.717, 1.165) is 43.4 Å². The SMILES string of the molecule is CC[C@H](N)C(=O)N[C@@H]1C(=O)N2[C@@H](CC[C@@H]1CCNCc1ccccc1)CC[C@H]2C(=O)NC(c1ccccc1)c1ccccc1. The predicted octanol–water partition coefficient (Wildman–Crippen LogP) is 4.06. The molecule has 2 fully saturated rings. The highest BCUT2D eigenvalue weighted by atomic mass is 16.2. The zero-order chi connectivity index (χ0) is 30.9. The number of fused-ring (bicyclic) bond motifs is 1. The third-order valence-electron chi connectivity index (χ3n) is 9.16. The van der Waals surface area contributed by atoms with Crippen LogP contribution in [-0.2, 0) is 20.9 Å². The monoisotopic (exact) mass is 595 g/mol. The molecule has 5 atom stereocenters. The molecule has 2 aliphatic heterocycles.